The van der Waals surface area contributed by atoms with E-state index < -0.39 is 27.8 Å². The summed E-state index contributed by atoms with van der Waals surface area (Å²) in [6.45, 7) is 0. The molecule has 1 aromatic rings. The molecule has 0 spiro atoms. The molecule has 0 saturated carbocycles. The molecule has 0 aliphatic carbocycles. The highest BCUT2D eigenvalue weighted by Gasteiger charge is 2.21. The Bertz CT molecular complexity index is 612. The second-order valence-corrected chi connectivity index (χ2v) is 7.80. The van der Waals surface area contributed by atoms with E-state index in [9.17, 15) is 23.1 Å². The van der Waals surface area contributed by atoms with E-state index >= 15 is 0 Å². The van der Waals surface area contributed by atoms with E-state index in [1.807, 2.05) is 0 Å². The van der Waals surface area contributed by atoms with Crippen LogP contribution in [0.4, 0.5) is 0 Å². The molecule has 0 aromatic heterocycles. The van der Waals surface area contributed by atoms with E-state index in [0.29, 0.717) is 5.56 Å². The number of carbonyl (C=O) groups is 2. The van der Waals surface area contributed by atoms with Crippen LogP contribution in [0, 0.1) is 0 Å². The molecule has 8 heteroatoms. The third-order valence-electron chi connectivity index (χ3n) is 2.67. The number of carbonyl (C=O) groups excluding carboxylic acids is 1. The lowest BCUT2D eigenvalue weighted by molar-refractivity contribution is -0.142. The Kier molecular flexibility index (Phi) is 6.35. The summed E-state index contributed by atoms with van der Waals surface area (Å²) >= 11 is 3.24. The van der Waals surface area contributed by atoms with Crippen molar-refractivity contribution in [3.63, 3.8) is 0 Å². The van der Waals surface area contributed by atoms with Crippen molar-refractivity contribution in [2.24, 2.45) is 0 Å². The molecule has 0 aliphatic rings. The number of amides is 1. The highest BCUT2D eigenvalue weighted by atomic mass is 79.9. The molecular formula is C13H16BrNO5S. The van der Waals surface area contributed by atoms with Gasteiger partial charge in [0.05, 0.1) is 5.75 Å². The molecule has 0 radical (unpaired) electrons. The molecule has 0 heterocycles. The van der Waals surface area contributed by atoms with E-state index in [1.165, 1.54) is 0 Å². The molecule has 0 aliphatic heterocycles. The number of nitrogens with one attached hydrogen (secondary N) is 1. The van der Waals surface area contributed by atoms with E-state index in [-0.39, 0.29) is 18.6 Å². The Morgan fingerprint density at radius 3 is 2.33 bits per heavy atom. The van der Waals surface area contributed by atoms with Gasteiger partial charge in [0.25, 0.3) is 0 Å². The maximum Gasteiger partial charge on any atom is 0.330 e. The van der Waals surface area contributed by atoms with E-state index in [1.54, 1.807) is 24.3 Å². The summed E-state index contributed by atoms with van der Waals surface area (Å²) in [5.41, 5.74) is 0.446. The molecule has 21 heavy (non-hydrogen) atoms. The maximum atomic E-state index is 11.7. The highest BCUT2D eigenvalue weighted by Crippen LogP contribution is 2.17. The van der Waals surface area contributed by atoms with Gasteiger partial charge >= 0.3 is 5.97 Å². The molecule has 2 N–H and O–H groups in total. The van der Waals surface area contributed by atoms with Gasteiger partial charge in [-0.2, -0.15) is 0 Å². The molecule has 0 fully saturated rings. The summed E-state index contributed by atoms with van der Waals surface area (Å²) in [6.07, 6.45) is 1.22. The van der Waals surface area contributed by atoms with Gasteiger partial charge in [-0.05, 0) is 24.1 Å². The lowest BCUT2D eigenvalue weighted by atomic mass is 10.1. The highest BCUT2D eigenvalue weighted by molar-refractivity contribution is 9.10. The number of hydrogen-bond donors (Lipinski definition) is 2. The third kappa shape index (κ3) is 6.72. The molecule has 1 aromatic carbocycles. The average molecular weight is 378 g/mol. The Balaban J connectivity index is 2.65. The van der Waals surface area contributed by atoms with Gasteiger partial charge in [0.2, 0.25) is 5.91 Å². The molecule has 0 bridgehead atoms. The van der Waals surface area contributed by atoms with Crippen molar-refractivity contribution in [1.82, 2.24) is 5.32 Å². The number of benzene rings is 1. The van der Waals surface area contributed by atoms with Crippen molar-refractivity contribution >= 4 is 37.6 Å². The van der Waals surface area contributed by atoms with Crippen molar-refractivity contribution in [2.75, 3.05) is 12.0 Å². The third-order valence-corrected chi connectivity index (χ3v) is 4.23. The standard InChI is InChI=1S/C13H16BrNO5S/c1-21(19,20)8-2-3-11(16)15-12(13(17)18)9-4-6-10(14)7-5-9/h4-7,12H,2-3,8H2,1H3,(H,15,16)(H,17,18). The molecule has 6 nitrogen and oxygen atoms in total. The fraction of sp³-hybridized carbons (Fsp3) is 0.385. The Morgan fingerprint density at radius 1 is 1.29 bits per heavy atom. The van der Waals surface area contributed by atoms with Gasteiger partial charge < -0.3 is 10.4 Å². The summed E-state index contributed by atoms with van der Waals surface area (Å²) in [7, 11) is -3.12. The molecule has 1 unspecified atom stereocenters. The first-order chi connectivity index (χ1) is 9.69. The first-order valence-electron chi connectivity index (χ1n) is 6.14. The van der Waals surface area contributed by atoms with Gasteiger partial charge in [-0.15, -0.1) is 0 Å². The van der Waals surface area contributed by atoms with E-state index in [0.717, 1.165) is 10.7 Å². The normalized spacial score (nSPS) is 12.7. The van der Waals surface area contributed by atoms with Crippen molar-refractivity contribution < 1.29 is 23.1 Å². The predicted octanol–water partition coefficient (Wildman–Crippen LogP) is 1.52. The van der Waals surface area contributed by atoms with Crippen LogP contribution in [0.25, 0.3) is 0 Å². The number of carboxylic acids is 1. The minimum atomic E-state index is -3.12. The van der Waals surface area contributed by atoms with Crippen LogP contribution in [0.3, 0.4) is 0 Å². The summed E-state index contributed by atoms with van der Waals surface area (Å²) in [6, 6.07) is 5.41. The van der Waals surface area contributed by atoms with E-state index in [2.05, 4.69) is 21.2 Å². The van der Waals surface area contributed by atoms with Crippen LogP contribution in [0.2, 0.25) is 0 Å². The Labute approximate surface area is 131 Å². The van der Waals surface area contributed by atoms with Gasteiger partial charge in [0, 0.05) is 17.1 Å². The van der Waals surface area contributed by atoms with Gasteiger partial charge in [0.15, 0.2) is 6.04 Å². The summed E-state index contributed by atoms with van der Waals surface area (Å²) in [4.78, 5) is 22.9. The Hall–Kier alpha value is -1.41. The number of carboxylic acid groups (broad SMARTS) is 1. The quantitative estimate of drug-likeness (QED) is 0.749. The molecule has 1 rings (SSSR count). The summed E-state index contributed by atoms with van der Waals surface area (Å²) < 4.78 is 22.7. The van der Waals surface area contributed by atoms with Gasteiger partial charge in [-0.3, -0.25) is 4.79 Å². The van der Waals surface area contributed by atoms with Crippen molar-refractivity contribution in [3.05, 3.63) is 34.3 Å². The molecule has 1 amide bonds. The van der Waals surface area contributed by atoms with E-state index in [4.69, 9.17) is 0 Å². The minimum absolute atomic E-state index is 0.0343. The number of sulfone groups is 1. The maximum absolute atomic E-state index is 11.7. The van der Waals surface area contributed by atoms with Crippen LogP contribution in [0.5, 0.6) is 0 Å². The molecule has 116 valence electrons. The molecular weight excluding hydrogens is 362 g/mol. The first kappa shape index (κ1) is 17.6. The van der Waals surface area contributed by atoms with Crippen LogP contribution >= 0.6 is 15.9 Å². The zero-order valence-corrected chi connectivity index (χ0v) is 13.8. The van der Waals surface area contributed by atoms with Crippen LogP contribution in [0.1, 0.15) is 24.4 Å². The summed E-state index contributed by atoms with van der Waals surface area (Å²) in [5.74, 6) is -1.76. The summed E-state index contributed by atoms with van der Waals surface area (Å²) in [5, 5.41) is 11.6. The lowest BCUT2D eigenvalue weighted by Crippen LogP contribution is -2.33. The number of halogens is 1. The zero-order chi connectivity index (χ0) is 16.0. The second-order valence-electron chi connectivity index (χ2n) is 4.62. The smallest absolute Gasteiger partial charge is 0.330 e. The predicted molar refractivity (Wildman–Crippen MR) is 81.6 cm³/mol. The lowest BCUT2D eigenvalue weighted by Gasteiger charge is -2.15. The van der Waals surface area contributed by atoms with Gasteiger partial charge in [-0.1, -0.05) is 28.1 Å². The minimum Gasteiger partial charge on any atom is -0.479 e. The zero-order valence-electron chi connectivity index (χ0n) is 11.4. The van der Waals surface area contributed by atoms with Crippen LogP contribution in [-0.4, -0.2) is 37.4 Å². The molecule has 0 saturated heterocycles. The average Bonchev–Trinajstić information content (AvgIpc) is 2.35. The van der Waals surface area contributed by atoms with Crippen LogP contribution < -0.4 is 5.32 Å². The second kappa shape index (κ2) is 7.56. The Morgan fingerprint density at radius 2 is 1.86 bits per heavy atom. The van der Waals surface area contributed by atoms with Crippen molar-refractivity contribution in [1.29, 1.82) is 0 Å². The van der Waals surface area contributed by atoms with Gasteiger partial charge in [-0.25, -0.2) is 13.2 Å². The van der Waals surface area contributed by atoms with Crippen molar-refractivity contribution in [3.8, 4) is 0 Å². The van der Waals surface area contributed by atoms with Crippen LogP contribution in [-0.2, 0) is 19.4 Å². The fourth-order valence-corrected chi connectivity index (χ4v) is 2.60. The van der Waals surface area contributed by atoms with Crippen LogP contribution in [0.15, 0.2) is 28.7 Å². The largest absolute Gasteiger partial charge is 0.479 e. The van der Waals surface area contributed by atoms with Crippen molar-refractivity contribution in [2.45, 2.75) is 18.9 Å². The van der Waals surface area contributed by atoms with Gasteiger partial charge in [0.1, 0.15) is 9.84 Å². The number of hydrogen-bond acceptors (Lipinski definition) is 4. The fourth-order valence-electron chi connectivity index (χ4n) is 1.67. The monoisotopic (exact) mass is 377 g/mol. The molecule has 1 atom stereocenters. The number of rotatable bonds is 7. The SMILES string of the molecule is CS(=O)(=O)CCCC(=O)NC(C(=O)O)c1ccc(Br)cc1. The topological polar surface area (TPSA) is 101 Å². The number of aliphatic carboxylic acids is 1. The first-order valence-corrected chi connectivity index (χ1v) is 9.00.